The van der Waals surface area contributed by atoms with E-state index in [9.17, 15) is 9.00 Å². The molecule has 0 saturated heterocycles. The van der Waals surface area contributed by atoms with E-state index in [1.807, 2.05) is 25.1 Å². The maximum atomic E-state index is 11.1. The van der Waals surface area contributed by atoms with Crippen molar-refractivity contribution in [2.75, 3.05) is 11.4 Å². The SMILES string of the molecule is C=CCN(C=O)c1ccc(CNS(=O)O)cc1CC. The van der Waals surface area contributed by atoms with E-state index in [0.717, 1.165) is 29.6 Å². The number of nitrogens with zero attached hydrogens (tertiary/aromatic N) is 1. The molecule has 1 aromatic rings. The van der Waals surface area contributed by atoms with E-state index in [1.165, 1.54) is 0 Å². The van der Waals surface area contributed by atoms with Crippen LogP contribution in [0.2, 0.25) is 0 Å². The Bertz CT molecular complexity index is 477. The summed E-state index contributed by atoms with van der Waals surface area (Å²) >= 11 is -2.02. The van der Waals surface area contributed by atoms with Crippen LogP contribution in [0.15, 0.2) is 30.9 Å². The molecule has 1 aromatic carbocycles. The molecule has 0 heterocycles. The number of aryl methyl sites for hydroxylation is 1. The zero-order valence-corrected chi connectivity index (χ0v) is 11.7. The number of benzene rings is 1. The summed E-state index contributed by atoms with van der Waals surface area (Å²) in [7, 11) is 0. The molecule has 19 heavy (non-hydrogen) atoms. The van der Waals surface area contributed by atoms with E-state index in [-0.39, 0.29) is 0 Å². The van der Waals surface area contributed by atoms with E-state index >= 15 is 0 Å². The van der Waals surface area contributed by atoms with E-state index in [2.05, 4.69) is 11.3 Å². The monoisotopic (exact) mass is 282 g/mol. The molecule has 1 amide bonds. The van der Waals surface area contributed by atoms with Crippen LogP contribution < -0.4 is 9.62 Å². The highest BCUT2D eigenvalue weighted by atomic mass is 32.2. The van der Waals surface area contributed by atoms with Crippen molar-refractivity contribution >= 4 is 23.4 Å². The first kappa shape index (κ1) is 15.6. The second kappa shape index (κ2) is 7.83. The van der Waals surface area contributed by atoms with Gasteiger partial charge in [0.05, 0.1) is 0 Å². The highest BCUT2D eigenvalue weighted by Crippen LogP contribution is 2.22. The van der Waals surface area contributed by atoms with Gasteiger partial charge in [-0.1, -0.05) is 25.1 Å². The summed E-state index contributed by atoms with van der Waals surface area (Å²) in [4.78, 5) is 12.6. The van der Waals surface area contributed by atoms with E-state index in [1.54, 1.807) is 11.0 Å². The Kier molecular flexibility index (Phi) is 6.41. The van der Waals surface area contributed by atoms with E-state index in [4.69, 9.17) is 4.55 Å². The maximum Gasteiger partial charge on any atom is 0.232 e. The fraction of sp³-hybridized carbons (Fsp3) is 0.308. The third-order valence-corrected chi connectivity index (χ3v) is 3.08. The molecular weight excluding hydrogens is 264 g/mol. The molecule has 6 heteroatoms. The molecule has 1 rings (SSSR count). The Labute approximate surface area is 115 Å². The summed E-state index contributed by atoms with van der Waals surface area (Å²) in [6.45, 7) is 6.38. The Morgan fingerprint density at radius 1 is 1.53 bits per heavy atom. The molecule has 0 aromatic heterocycles. The quantitative estimate of drug-likeness (QED) is 0.432. The lowest BCUT2D eigenvalue weighted by atomic mass is 10.1. The highest BCUT2D eigenvalue weighted by Gasteiger charge is 2.09. The first-order chi connectivity index (χ1) is 9.12. The van der Waals surface area contributed by atoms with Crippen molar-refractivity contribution in [1.29, 1.82) is 0 Å². The van der Waals surface area contributed by atoms with Crippen LogP contribution in [0.25, 0.3) is 0 Å². The van der Waals surface area contributed by atoms with E-state index < -0.39 is 11.3 Å². The van der Waals surface area contributed by atoms with Gasteiger partial charge < -0.3 is 4.90 Å². The van der Waals surface area contributed by atoms with Gasteiger partial charge in [0.1, 0.15) is 0 Å². The summed E-state index contributed by atoms with van der Waals surface area (Å²) in [6.07, 6.45) is 3.21. The Morgan fingerprint density at radius 3 is 2.79 bits per heavy atom. The summed E-state index contributed by atoms with van der Waals surface area (Å²) in [5.41, 5.74) is 2.75. The normalized spacial score (nSPS) is 11.9. The predicted octanol–water partition coefficient (Wildman–Crippen LogP) is 1.62. The van der Waals surface area contributed by atoms with Gasteiger partial charge in [0.2, 0.25) is 17.7 Å². The van der Waals surface area contributed by atoms with Crippen molar-refractivity contribution in [1.82, 2.24) is 4.72 Å². The second-order valence-corrected chi connectivity index (χ2v) is 4.72. The van der Waals surface area contributed by atoms with Crippen LogP contribution in [0.1, 0.15) is 18.1 Å². The molecule has 0 spiro atoms. The molecule has 0 aliphatic carbocycles. The van der Waals surface area contributed by atoms with Gasteiger partial charge >= 0.3 is 0 Å². The summed E-state index contributed by atoms with van der Waals surface area (Å²) in [6, 6.07) is 5.59. The lowest BCUT2D eigenvalue weighted by Gasteiger charge is -2.19. The average Bonchev–Trinajstić information content (AvgIpc) is 2.42. The topological polar surface area (TPSA) is 69.6 Å². The smallest absolute Gasteiger partial charge is 0.232 e. The highest BCUT2D eigenvalue weighted by molar-refractivity contribution is 7.77. The van der Waals surface area contributed by atoms with Gasteiger partial charge in [-0.2, -0.15) is 0 Å². The number of hydrogen-bond donors (Lipinski definition) is 2. The summed E-state index contributed by atoms with van der Waals surface area (Å²) < 4.78 is 21.7. The number of carbonyl (C=O) groups excluding carboxylic acids is 1. The largest absolute Gasteiger partial charge is 0.311 e. The van der Waals surface area contributed by atoms with Crippen molar-refractivity contribution in [3.8, 4) is 0 Å². The van der Waals surface area contributed by atoms with Gasteiger partial charge in [0.15, 0.2) is 0 Å². The van der Waals surface area contributed by atoms with Crippen LogP contribution in [0, 0.1) is 0 Å². The van der Waals surface area contributed by atoms with Crippen LogP contribution in [-0.2, 0) is 29.0 Å². The molecular formula is C13H18N2O3S. The fourth-order valence-corrected chi connectivity index (χ4v) is 2.08. The lowest BCUT2D eigenvalue weighted by Crippen LogP contribution is -2.22. The number of rotatable bonds is 8. The van der Waals surface area contributed by atoms with Gasteiger partial charge in [-0.25, -0.2) is 8.93 Å². The second-order valence-electron chi connectivity index (χ2n) is 3.93. The number of hydrogen-bond acceptors (Lipinski definition) is 2. The van der Waals surface area contributed by atoms with Crippen molar-refractivity contribution in [2.45, 2.75) is 19.9 Å². The first-order valence-electron chi connectivity index (χ1n) is 5.91. The van der Waals surface area contributed by atoms with Gasteiger partial charge in [0.25, 0.3) is 0 Å². The first-order valence-corrected chi connectivity index (χ1v) is 7.02. The molecule has 2 N–H and O–H groups in total. The average molecular weight is 282 g/mol. The van der Waals surface area contributed by atoms with Crippen LogP contribution >= 0.6 is 0 Å². The number of anilines is 1. The molecule has 5 nitrogen and oxygen atoms in total. The standard InChI is InChI=1S/C13H18N2O3S/c1-3-7-15(10-16)13-6-5-11(8-12(13)4-2)9-14-19(17)18/h3,5-6,8,10,14H,1,4,7,9H2,2H3,(H,17,18). The molecule has 0 radical (unpaired) electrons. The van der Waals surface area contributed by atoms with E-state index in [0.29, 0.717) is 13.1 Å². The fourth-order valence-electron chi connectivity index (χ4n) is 1.79. The minimum atomic E-state index is -2.02. The minimum Gasteiger partial charge on any atom is -0.311 e. The molecule has 1 atom stereocenters. The summed E-state index contributed by atoms with van der Waals surface area (Å²) in [5.74, 6) is 0. The van der Waals surface area contributed by atoms with Crippen LogP contribution in [0.4, 0.5) is 5.69 Å². The molecule has 1 unspecified atom stereocenters. The van der Waals surface area contributed by atoms with Crippen molar-refractivity contribution in [2.24, 2.45) is 0 Å². The number of amides is 1. The third-order valence-electron chi connectivity index (χ3n) is 2.69. The van der Waals surface area contributed by atoms with Gasteiger partial charge in [-0.15, -0.1) is 6.58 Å². The minimum absolute atomic E-state index is 0.305. The zero-order valence-electron chi connectivity index (χ0n) is 10.8. The lowest BCUT2D eigenvalue weighted by molar-refractivity contribution is -0.107. The van der Waals surface area contributed by atoms with Gasteiger partial charge in [-0.05, 0) is 23.6 Å². The van der Waals surface area contributed by atoms with Crippen molar-refractivity contribution in [3.63, 3.8) is 0 Å². The van der Waals surface area contributed by atoms with Gasteiger partial charge in [0, 0.05) is 18.8 Å². The van der Waals surface area contributed by atoms with Crippen molar-refractivity contribution < 1.29 is 13.6 Å². The molecule has 0 aliphatic rings. The Hall–Kier alpha value is -1.50. The van der Waals surface area contributed by atoms with Gasteiger partial charge in [-0.3, -0.25) is 9.35 Å². The molecule has 104 valence electrons. The third kappa shape index (κ3) is 4.59. The molecule has 0 bridgehead atoms. The molecule has 0 saturated carbocycles. The number of carbonyl (C=O) groups is 1. The van der Waals surface area contributed by atoms with Crippen LogP contribution in [-0.4, -0.2) is 21.7 Å². The molecule has 0 fully saturated rings. The summed E-state index contributed by atoms with van der Waals surface area (Å²) in [5, 5.41) is 0. The van der Waals surface area contributed by atoms with Crippen molar-refractivity contribution in [3.05, 3.63) is 42.0 Å². The molecule has 0 aliphatic heterocycles. The number of nitrogens with one attached hydrogen (secondary N) is 1. The zero-order chi connectivity index (χ0) is 14.3. The van der Waals surface area contributed by atoms with Crippen LogP contribution in [0.3, 0.4) is 0 Å². The maximum absolute atomic E-state index is 11.1. The Balaban J connectivity index is 2.97. The predicted molar refractivity (Wildman–Crippen MR) is 77.0 cm³/mol. The Morgan fingerprint density at radius 2 is 2.26 bits per heavy atom. The van der Waals surface area contributed by atoms with Crippen LogP contribution in [0.5, 0.6) is 0 Å².